The molecule has 1 aromatic carbocycles. The zero-order valence-corrected chi connectivity index (χ0v) is 18.5. The summed E-state index contributed by atoms with van der Waals surface area (Å²) in [5.41, 5.74) is 2.63. The number of guanidine groups is 1. The van der Waals surface area contributed by atoms with E-state index >= 15 is 0 Å². The molecule has 0 bridgehead atoms. The van der Waals surface area contributed by atoms with Crippen molar-refractivity contribution < 1.29 is 4.74 Å². The molecule has 2 aliphatic heterocycles. The van der Waals surface area contributed by atoms with Crippen molar-refractivity contribution in [3.05, 3.63) is 35.4 Å². The van der Waals surface area contributed by atoms with Crippen LogP contribution in [0.3, 0.4) is 0 Å². The third-order valence-electron chi connectivity index (χ3n) is 5.78. The molecule has 2 atom stereocenters. The molecule has 2 unspecified atom stereocenters. The smallest absolute Gasteiger partial charge is 0.191 e. The minimum Gasteiger partial charge on any atom is -0.373 e. The molecule has 0 spiro atoms. The number of piperidine rings is 1. The minimum absolute atomic E-state index is 0.316. The Labute approximate surface area is 176 Å². The number of hydrogen-bond donors (Lipinski definition) is 2. The molecule has 162 valence electrons. The molecule has 2 heterocycles. The van der Waals surface area contributed by atoms with Gasteiger partial charge in [-0.1, -0.05) is 30.7 Å². The lowest BCUT2D eigenvalue weighted by Crippen LogP contribution is -2.44. The van der Waals surface area contributed by atoms with Crippen LogP contribution in [-0.2, 0) is 17.8 Å². The number of morpholine rings is 1. The number of hydrogen-bond acceptors (Lipinski definition) is 4. The molecule has 2 N–H and O–H groups in total. The van der Waals surface area contributed by atoms with Crippen LogP contribution in [0.1, 0.15) is 44.2 Å². The van der Waals surface area contributed by atoms with Gasteiger partial charge in [0.1, 0.15) is 0 Å². The average Bonchev–Trinajstić information content (AvgIpc) is 2.71. The molecule has 0 amide bonds. The first-order valence-electron chi connectivity index (χ1n) is 11.2. The molecular formula is C23H39N5O. The Balaban J connectivity index is 1.38. The maximum absolute atomic E-state index is 5.83. The predicted molar refractivity (Wildman–Crippen MR) is 120 cm³/mol. The van der Waals surface area contributed by atoms with E-state index in [-0.39, 0.29) is 0 Å². The number of ether oxygens (including phenoxy) is 1. The molecule has 0 aliphatic carbocycles. The first kappa shape index (κ1) is 22.1. The van der Waals surface area contributed by atoms with E-state index in [0.29, 0.717) is 12.2 Å². The standard InChI is InChI=1S/C23H39N5O/c1-19-16-28(17-20(2)29-19)18-22-9-7-21(8-10-22)15-26-23(24-3)25-11-14-27-12-5-4-6-13-27/h7-10,19-20H,4-6,11-18H2,1-3H3,(H2,24,25,26). The van der Waals surface area contributed by atoms with Gasteiger partial charge in [0.25, 0.3) is 0 Å². The lowest BCUT2D eigenvalue weighted by atomic mass is 10.1. The molecule has 6 heteroatoms. The van der Waals surface area contributed by atoms with Crippen LogP contribution in [0, 0.1) is 0 Å². The molecular weight excluding hydrogens is 362 g/mol. The number of likely N-dealkylation sites (tertiary alicyclic amines) is 1. The summed E-state index contributed by atoms with van der Waals surface area (Å²) in [6.07, 6.45) is 4.70. The number of nitrogens with one attached hydrogen (secondary N) is 2. The van der Waals surface area contributed by atoms with Crippen LogP contribution < -0.4 is 10.6 Å². The maximum Gasteiger partial charge on any atom is 0.191 e. The second-order valence-electron chi connectivity index (χ2n) is 8.52. The predicted octanol–water partition coefficient (Wildman–Crippen LogP) is 2.45. The van der Waals surface area contributed by atoms with Crippen molar-refractivity contribution in [2.45, 2.75) is 58.4 Å². The Morgan fingerprint density at radius 3 is 2.28 bits per heavy atom. The van der Waals surface area contributed by atoms with Gasteiger partial charge in [-0.2, -0.15) is 0 Å². The zero-order chi connectivity index (χ0) is 20.5. The van der Waals surface area contributed by atoms with Crippen LogP contribution in [0.15, 0.2) is 29.3 Å². The largest absolute Gasteiger partial charge is 0.373 e. The van der Waals surface area contributed by atoms with E-state index in [2.05, 4.69) is 63.5 Å². The Morgan fingerprint density at radius 2 is 1.62 bits per heavy atom. The highest BCUT2D eigenvalue weighted by Gasteiger charge is 2.21. The van der Waals surface area contributed by atoms with Crippen molar-refractivity contribution >= 4 is 5.96 Å². The van der Waals surface area contributed by atoms with E-state index in [9.17, 15) is 0 Å². The van der Waals surface area contributed by atoms with E-state index in [1.807, 2.05) is 7.05 Å². The van der Waals surface area contributed by atoms with Crippen molar-refractivity contribution in [3.63, 3.8) is 0 Å². The van der Waals surface area contributed by atoms with Crippen LogP contribution >= 0.6 is 0 Å². The number of benzene rings is 1. The monoisotopic (exact) mass is 401 g/mol. The van der Waals surface area contributed by atoms with Crippen molar-refractivity contribution in [2.75, 3.05) is 46.3 Å². The van der Waals surface area contributed by atoms with Crippen LogP contribution in [-0.4, -0.2) is 74.3 Å². The van der Waals surface area contributed by atoms with E-state index in [0.717, 1.165) is 45.2 Å². The minimum atomic E-state index is 0.316. The first-order valence-corrected chi connectivity index (χ1v) is 11.2. The van der Waals surface area contributed by atoms with Crippen molar-refractivity contribution in [1.29, 1.82) is 0 Å². The van der Waals surface area contributed by atoms with Gasteiger partial charge in [0, 0.05) is 46.3 Å². The van der Waals surface area contributed by atoms with Crippen LogP contribution in [0.5, 0.6) is 0 Å². The number of nitrogens with zero attached hydrogens (tertiary/aromatic N) is 3. The van der Waals surface area contributed by atoms with Gasteiger partial charge in [-0.15, -0.1) is 0 Å². The highest BCUT2D eigenvalue weighted by atomic mass is 16.5. The fraction of sp³-hybridized carbons (Fsp3) is 0.696. The second-order valence-corrected chi connectivity index (χ2v) is 8.52. The molecule has 3 rings (SSSR count). The van der Waals surface area contributed by atoms with Gasteiger partial charge in [0.2, 0.25) is 0 Å². The maximum atomic E-state index is 5.83. The summed E-state index contributed by atoms with van der Waals surface area (Å²) < 4.78 is 5.83. The highest BCUT2D eigenvalue weighted by molar-refractivity contribution is 5.79. The molecule has 0 saturated carbocycles. The first-order chi connectivity index (χ1) is 14.1. The molecule has 6 nitrogen and oxygen atoms in total. The SMILES string of the molecule is CN=C(NCCN1CCCCC1)NCc1ccc(CN2CC(C)OC(C)C2)cc1. The average molecular weight is 402 g/mol. The number of aliphatic imine (C=N–C) groups is 1. The Bertz CT molecular complexity index is 617. The van der Waals surface area contributed by atoms with Gasteiger partial charge in [-0.05, 0) is 50.9 Å². The molecule has 29 heavy (non-hydrogen) atoms. The molecule has 2 fully saturated rings. The van der Waals surface area contributed by atoms with Crippen LogP contribution in [0.2, 0.25) is 0 Å². The normalized spacial score (nSPS) is 24.4. The Morgan fingerprint density at radius 1 is 0.966 bits per heavy atom. The van der Waals surface area contributed by atoms with E-state index in [4.69, 9.17) is 4.74 Å². The third kappa shape index (κ3) is 7.61. The molecule has 2 saturated heterocycles. The van der Waals surface area contributed by atoms with Gasteiger partial charge < -0.3 is 20.3 Å². The van der Waals surface area contributed by atoms with Crippen molar-refractivity contribution in [1.82, 2.24) is 20.4 Å². The fourth-order valence-corrected chi connectivity index (χ4v) is 4.36. The summed E-state index contributed by atoms with van der Waals surface area (Å²) in [5, 5.41) is 6.87. The molecule has 2 aliphatic rings. The zero-order valence-electron chi connectivity index (χ0n) is 18.5. The number of rotatable bonds is 7. The fourth-order valence-electron chi connectivity index (χ4n) is 4.36. The summed E-state index contributed by atoms with van der Waals surface area (Å²) in [7, 11) is 1.84. The van der Waals surface area contributed by atoms with Gasteiger partial charge in [-0.3, -0.25) is 9.89 Å². The topological polar surface area (TPSA) is 52.1 Å². The summed E-state index contributed by atoms with van der Waals surface area (Å²) in [6, 6.07) is 8.93. The second kappa shape index (κ2) is 11.5. The molecule has 1 aromatic rings. The molecule has 0 aromatic heterocycles. The highest BCUT2D eigenvalue weighted by Crippen LogP contribution is 2.15. The summed E-state index contributed by atoms with van der Waals surface area (Å²) in [5.74, 6) is 0.877. The van der Waals surface area contributed by atoms with Gasteiger partial charge in [0.05, 0.1) is 12.2 Å². The van der Waals surface area contributed by atoms with Gasteiger partial charge >= 0.3 is 0 Å². The molecule has 0 radical (unpaired) electrons. The lowest BCUT2D eigenvalue weighted by molar-refractivity contribution is -0.0704. The van der Waals surface area contributed by atoms with E-state index in [1.165, 1.54) is 43.5 Å². The quantitative estimate of drug-likeness (QED) is 0.543. The lowest BCUT2D eigenvalue weighted by Gasteiger charge is -2.35. The van der Waals surface area contributed by atoms with Gasteiger partial charge in [-0.25, -0.2) is 0 Å². The van der Waals surface area contributed by atoms with E-state index in [1.54, 1.807) is 0 Å². The van der Waals surface area contributed by atoms with E-state index < -0.39 is 0 Å². The summed E-state index contributed by atoms with van der Waals surface area (Å²) in [6.45, 7) is 12.6. The van der Waals surface area contributed by atoms with Crippen molar-refractivity contribution in [2.24, 2.45) is 4.99 Å². The summed E-state index contributed by atoms with van der Waals surface area (Å²) >= 11 is 0. The van der Waals surface area contributed by atoms with Crippen LogP contribution in [0.25, 0.3) is 0 Å². The third-order valence-corrected chi connectivity index (χ3v) is 5.78. The summed E-state index contributed by atoms with van der Waals surface area (Å²) in [4.78, 5) is 9.38. The van der Waals surface area contributed by atoms with Gasteiger partial charge in [0.15, 0.2) is 5.96 Å². The Kier molecular flexibility index (Phi) is 8.77. The van der Waals surface area contributed by atoms with Crippen LogP contribution in [0.4, 0.5) is 0 Å². The van der Waals surface area contributed by atoms with Crippen molar-refractivity contribution in [3.8, 4) is 0 Å². The Hall–Kier alpha value is -1.63.